The van der Waals surface area contributed by atoms with Crippen molar-refractivity contribution in [2.75, 3.05) is 19.8 Å². The van der Waals surface area contributed by atoms with Crippen molar-refractivity contribution in [3.63, 3.8) is 0 Å². The molecule has 0 spiro atoms. The molecule has 1 aromatic heterocycles. The molecule has 1 aliphatic heterocycles. The maximum absolute atomic E-state index is 12.2. The molecule has 2 aromatic rings. The molecular weight excluding hydrogens is 292 g/mol. The van der Waals surface area contributed by atoms with E-state index in [0.29, 0.717) is 39.0 Å². The van der Waals surface area contributed by atoms with E-state index in [9.17, 15) is 4.79 Å². The lowest BCUT2D eigenvalue weighted by Gasteiger charge is -2.31. The fourth-order valence-corrected chi connectivity index (χ4v) is 2.66. The number of amides is 1. The normalized spacial score (nSPS) is 16.9. The molecule has 1 saturated heterocycles. The Morgan fingerprint density at radius 3 is 2.74 bits per heavy atom. The molecule has 6 nitrogen and oxygen atoms in total. The van der Waals surface area contributed by atoms with Crippen molar-refractivity contribution in [1.29, 1.82) is 0 Å². The molecule has 1 fully saturated rings. The number of nitrogens with two attached hydrogens (primary N) is 1. The molecule has 1 aromatic carbocycles. The Balaban J connectivity index is 1.51. The van der Waals surface area contributed by atoms with Crippen molar-refractivity contribution in [1.82, 2.24) is 15.1 Å². The number of hydrogen-bond donors (Lipinski definition) is 2. The van der Waals surface area contributed by atoms with Gasteiger partial charge in [-0.25, -0.2) is 4.68 Å². The molecule has 3 N–H and O–H groups in total. The van der Waals surface area contributed by atoms with E-state index in [2.05, 4.69) is 10.4 Å². The average Bonchev–Trinajstić information content (AvgIpc) is 3.05. The van der Waals surface area contributed by atoms with Gasteiger partial charge in [0.25, 0.3) is 0 Å². The van der Waals surface area contributed by atoms with Crippen LogP contribution in [0.3, 0.4) is 0 Å². The highest BCUT2D eigenvalue weighted by atomic mass is 16.5. The predicted molar refractivity (Wildman–Crippen MR) is 87.2 cm³/mol. The number of benzene rings is 1. The van der Waals surface area contributed by atoms with Crippen LogP contribution in [0.2, 0.25) is 0 Å². The molecule has 6 heteroatoms. The second kappa shape index (κ2) is 6.93. The second-order valence-corrected chi connectivity index (χ2v) is 5.86. The zero-order valence-corrected chi connectivity index (χ0v) is 13.1. The molecular formula is C17H22N4O2. The molecule has 0 saturated carbocycles. The van der Waals surface area contributed by atoms with Gasteiger partial charge in [-0.05, 0) is 31.0 Å². The van der Waals surface area contributed by atoms with Crippen LogP contribution in [-0.2, 0) is 16.0 Å². The van der Waals surface area contributed by atoms with Gasteiger partial charge in [-0.15, -0.1) is 0 Å². The summed E-state index contributed by atoms with van der Waals surface area (Å²) in [7, 11) is 0. The van der Waals surface area contributed by atoms with Gasteiger partial charge in [0.1, 0.15) is 0 Å². The molecule has 0 bridgehead atoms. The number of carbonyl (C=O) groups excluding carboxylic acids is 1. The van der Waals surface area contributed by atoms with Crippen molar-refractivity contribution in [2.45, 2.75) is 24.8 Å². The summed E-state index contributed by atoms with van der Waals surface area (Å²) in [4.78, 5) is 12.2. The summed E-state index contributed by atoms with van der Waals surface area (Å²) < 4.78 is 7.09. The molecule has 0 atom stereocenters. The van der Waals surface area contributed by atoms with Crippen LogP contribution in [0.1, 0.15) is 18.5 Å². The van der Waals surface area contributed by atoms with Gasteiger partial charge in [-0.2, -0.15) is 5.10 Å². The van der Waals surface area contributed by atoms with E-state index in [-0.39, 0.29) is 5.91 Å². The zero-order chi connectivity index (χ0) is 16.1. The van der Waals surface area contributed by atoms with Crippen LogP contribution in [0.4, 0.5) is 0 Å². The number of nitrogens with one attached hydrogen (secondary N) is 1. The number of rotatable bonds is 5. The van der Waals surface area contributed by atoms with Gasteiger partial charge < -0.3 is 15.8 Å². The van der Waals surface area contributed by atoms with Gasteiger partial charge in [-0.3, -0.25) is 4.79 Å². The highest BCUT2D eigenvalue weighted by Crippen LogP contribution is 2.17. The molecule has 0 radical (unpaired) electrons. The lowest BCUT2D eigenvalue weighted by atomic mass is 9.90. The smallest absolute Gasteiger partial charge is 0.240 e. The van der Waals surface area contributed by atoms with Crippen LogP contribution in [0.5, 0.6) is 0 Å². The highest BCUT2D eigenvalue weighted by molar-refractivity contribution is 5.86. The van der Waals surface area contributed by atoms with Crippen LogP contribution < -0.4 is 11.1 Å². The fraction of sp³-hybridized carbons (Fsp3) is 0.412. The van der Waals surface area contributed by atoms with Gasteiger partial charge >= 0.3 is 0 Å². The van der Waals surface area contributed by atoms with Crippen LogP contribution in [-0.4, -0.2) is 41.0 Å². The Morgan fingerprint density at radius 1 is 1.26 bits per heavy atom. The van der Waals surface area contributed by atoms with Crippen LogP contribution in [0, 0.1) is 0 Å². The third-order valence-electron chi connectivity index (χ3n) is 4.17. The third-order valence-corrected chi connectivity index (χ3v) is 4.17. The van der Waals surface area contributed by atoms with E-state index in [4.69, 9.17) is 10.5 Å². The number of ether oxygens (including phenoxy) is 1. The van der Waals surface area contributed by atoms with Crippen LogP contribution in [0.15, 0.2) is 42.6 Å². The number of aromatic nitrogens is 2. The van der Waals surface area contributed by atoms with E-state index >= 15 is 0 Å². The van der Waals surface area contributed by atoms with Crippen molar-refractivity contribution in [3.05, 3.63) is 48.3 Å². The first kappa shape index (κ1) is 15.7. The lowest BCUT2D eigenvalue weighted by molar-refractivity contribution is -0.129. The Kier molecular flexibility index (Phi) is 4.73. The molecule has 1 aliphatic rings. The minimum Gasteiger partial charge on any atom is -0.381 e. The second-order valence-electron chi connectivity index (χ2n) is 5.86. The summed E-state index contributed by atoms with van der Waals surface area (Å²) >= 11 is 0. The monoisotopic (exact) mass is 314 g/mol. The summed E-state index contributed by atoms with van der Waals surface area (Å²) in [6, 6.07) is 11.9. The quantitative estimate of drug-likeness (QED) is 0.864. The molecule has 0 unspecified atom stereocenters. The number of carbonyl (C=O) groups is 1. The summed E-state index contributed by atoms with van der Waals surface area (Å²) in [6.07, 6.45) is 3.75. The minimum absolute atomic E-state index is 0.0942. The van der Waals surface area contributed by atoms with Crippen molar-refractivity contribution < 1.29 is 9.53 Å². The molecule has 1 amide bonds. The van der Waals surface area contributed by atoms with Gasteiger partial charge in [0.05, 0.1) is 16.9 Å². The van der Waals surface area contributed by atoms with Crippen LogP contribution in [0.25, 0.3) is 5.69 Å². The highest BCUT2D eigenvalue weighted by Gasteiger charge is 2.35. The van der Waals surface area contributed by atoms with E-state index < -0.39 is 5.54 Å². The third kappa shape index (κ3) is 3.78. The Morgan fingerprint density at radius 2 is 2.00 bits per heavy atom. The Bertz CT molecular complexity index is 648. The average molecular weight is 314 g/mol. The molecule has 122 valence electrons. The molecule has 0 aliphatic carbocycles. The van der Waals surface area contributed by atoms with Gasteiger partial charge in [0.2, 0.25) is 5.91 Å². The van der Waals surface area contributed by atoms with Crippen molar-refractivity contribution in [3.8, 4) is 5.69 Å². The van der Waals surface area contributed by atoms with Gasteiger partial charge in [0, 0.05) is 32.4 Å². The van der Waals surface area contributed by atoms with E-state index in [0.717, 1.165) is 11.4 Å². The summed E-state index contributed by atoms with van der Waals surface area (Å²) in [5.74, 6) is -0.0942. The first-order valence-corrected chi connectivity index (χ1v) is 7.92. The minimum atomic E-state index is -0.790. The lowest BCUT2D eigenvalue weighted by Crippen LogP contribution is -2.57. The summed E-state index contributed by atoms with van der Waals surface area (Å²) in [6.45, 7) is 1.63. The largest absolute Gasteiger partial charge is 0.381 e. The maximum Gasteiger partial charge on any atom is 0.240 e. The van der Waals surface area contributed by atoms with Crippen molar-refractivity contribution in [2.24, 2.45) is 5.73 Å². The first-order chi connectivity index (χ1) is 11.2. The fourth-order valence-electron chi connectivity index (χ4n) is 2.66. The Labute approximate surface area is 135 Å². The summed E-state index contributed by atoms with van der Waals surface area (Å²) in [5.41, 5.74) is 7.32. The van der Waals surface area contributed by atoms with E-state index in [1.54, 1.807) is 0 Å². The maximum atomic E-state index is 12.2. The van der Waals surface area contributed by atoms with Crippen LogP contribution >= 0.6 is 0 Å². The van der Waals surface area contributed by atoms with Crippen molar-refractivity contribution >= 4 is 5.91 Å². The number of para-hydroxylation sites is 1. The van der Waals surface area contributed by atoms with Gasteiger partial charge in [-0.1, -0.05) is 18.2 Å². The molecule has 2 heterocycles. The topological polar surface area (TPSA) is 82.2 Å². The SMILES string of the molecule is NC1(C(=O)NCCc2ccn(-c3ccccc3)n2)CCOCC1. The summed E-state index contributed by atoms with van der Waals surface area (Å²) in [5, 5.41) is 7.44. The first-order valence-electron chi connectivity index (χ1n) is 7.92. The Hall–Kier alpha value is -2.18. The predicted octanol–water partition coefficient (Wildman–Crippen LogP) is 1.04. The molecule has 23 heavy (non-hydrogen) atoms. The zero-order valence-electron chi connectivity index (χ0n) is 13.1. The molecule has 3 rings (SSSR count). The van der Waals surface area contributed by atoms with E-state index in [1.807, 2.05) is 47.3 Å². The number of hydrogen-bond acceptors (Lipinski definition) is 4. The standard InChI is InChI=1S/C17H22N4O2/c18-17(8-12-23-13-9-17)16(22)19-10-6-14-7-11-21(20-14)15-4-2-1-3-5-15/h1-5,7,11H,6,8-10,12-13,18H2,(H,19,22). The van der Waals surface area contributed by atoms with Gasteiger partial charge in [0.15, 0.2) is 0 Å². The number of nitrogens with zero attached hydrogens (tertiary/aromatic N) is 2. The van der Waals surface area contributed by atoms with E-state index in [1.165, 1.54) is 0 Å².